The van der Waals surface area contributed by atoms with Crippen LogP contribution < -0.4 is 4.74 Å². The second-order valence-electron chi connectivity index (χ2n) is 9.87. The van der Waals surface area contributed by atoms with Gasteiger partial charge in [-0.15, -0.1) is 0 Å². The maximum Gasteiger partial charge on any atom is 0.401 e. The molecule has 0 saturated carbocycles. The van der Waals surface area contributed by atoms with Crippen LogP contribution in [0.1, 0.15) is 56.0 Å². The molecule has 0 saturated heterocycles. The highest BCUT2D eigenvalue weighted by molar-refractivity contribution is 5.85. The van der Waals surface area contributed by atoms with Crippen molar-refractivity contribution in [2.45, 2.75) is 57.8 Å². The number of esters is 1. The van der Waals surface area contributed by atoms with Crippen molar-refractivity contribution in [3.63, 3.8) is 0 Å². The van der Waals surface area contributed by atoms with Gasteiger partial charge in [0.25, 0.3) is 0 Å². The van der Waals surface area contributed by atoms with Crippen LogP contribution in [0.15, 0.2) is 36.4 Å². The van der Waals surface area contributed by atoms with Gasteiger partial charge in [0.1, 0.15) is 24.0 Å². The summed E-state index contributed by atoms with van der Waals surface area (Å²) in [4.78, 5) is 15.5. The second-order valence-corrected chi connectivity index (χ2v) is 9.87. The van der Waals surface area contributed by atoms with Gasteiger partial charge in [-0.2, -0.15) is 13.2 Å². The molecule has 3 aromatic rings. The first-order chi connectivity index (χ1) is 19.1. The molecule has 0 fully saturated rings. The topological polar surface area (TPSA) is 63.8 Å². The minimum Gasteiger partial charge on any atom is -0.493 e. The lowest BCUT2D eigenvalue weighted by molar-refractivity contribution is -0.155. The summed E-state index contributed by atoms with van der Waals surface area (Å²) in [5.41, 5.74) is 1.37. The van der Waals surface area contributed by atoms with Crippen LogP contribution in [0.25, 0.3) is 10.9 Å². The number of alkyl halides is 3. The largest absolute Gasteiger partial charge is 0.493 e. The molecule has 0 aliphatic carbocycles. The van der Waals surface area contributed by atoms with E-state index < -0.39 is 48.0 Å². The fraction of sp³-hybridized carbons (Fsp3) is 0.483. The van der Waals surface area contributed by atoms with E-state index in [1.54, 1.807) is 26.0 Å². The average molecular weight is 569 g/mol. The zero-order chi connectivity index (χ0) is 28.9. The Morgan fingerprint density at radius 1 is 1.07 bits per heavy atom. The molecule has 1 aliphatic rings. The van der Waals surface area contributed by atoms with Crippen LogP contribution >= 0.6 is 0 Å². The third-order valence-corrected chi connectivity index (χ3v) is 6.93. The minimum atomic E-state index is -4.56. The average Bonchev–Trinajstić information content (AvgIpc) is 3.24. The number of para-hydroxylation sites is 1. The normalized spacial score (nSPS) is 17.7. The maximum absolute atomic E-state index is 15.5. The third-order valence-electron chi connectivity index (χ3n) is 6.93. The molecule has 2 heterocycles. The van der Waals surface area contributed by atoms with Gasteiger partial charge >= 0.3 is 12.1 Å². The quantitative estimate of drug-likeness (QED) is 0.154. The molecular formula is C29H33F5N2O4. The van der Waals surface area contributed by atoms with Gasteiger partial charge in [-0.05, 0) is 51.2 Å². The molecule has 2 aromatic carbocycles. The molecule has 40 heavy (non-hydrogen) atoms. The number of hydrogen-bond donors (Lipinski definition) is 1. The summed E-state index contributed by atoms with van der Waals surface area (Å²) >= 11 is 0. The van der Waals surface area contributed by atoms with Crippen molar-refractivity contribution >= 4 is 16.9 Å². The van der Waals surface area contributed by atoms with Gasteiger partial charge in [0.15, 0.2) is 0 Å². The highest BCUT2D eigenvalue weighted by Crippen LogP contribution is 2.44. The number of fused-ring (bicyclic) bond motifs is 3. The summed E-state index contributed by atoms with van der Waals surface area (Å²) in [6.07, 6.45) is -2.32. The number of aromatic nitrogens is 1. The molecule has 6 nitrogen and oxygen atoms in total. The Morgan fingerprint density at radius 2 is 1.77 bits per heavy atom. The van der Waals surface area contributed by atoms with Crippen molar-refractivity contribution in [2.24, 2.45) is 0 Å². The Balaban J connectivity index is 1.48. The van der Waals surface area contributed by atoms with Crippen molar-refractivity contribution in [3.8, 4) is 5.75 Å². The van der Waals surface area contributed by atoms with Crippen LogP contribution in [0.2, 0.25) is 0 Å². The third kappa shape index (κ3) is 7.11. The molecule has 1 aromatic heterocycles. The molecule has 1 aliphatic heterocycles. The first-order valence-electron chi connectivity index (χ1n) is 13.4. The number of H-pyrrole nitrogens is 1. The van der Waals surface area contributed by atoms with E-state index in [4.69, 9.17) is 14.2 Å². The van der Waals surface area contributed by atoms with Gasteiger partial charge in [0.2, 0.25) is 0 Å². The molecule has 2 atom stereocenters. The van der Waals surface area contributed by atoms with Crippen molar-refractivity contribution in [2.75, 3.05) is 33.0 Å². The Kier molecular flexibility index (Phi) is 9.68. The van der Waals surface area contributed by atoms with Crippen LogP contribution in [-0.4, -0.2) is 61.0 Å². The SMILES string of the molecule is CCOC(=O)COCCCCCOc1cc(F)c([C@@H]2c3[nH]c4ccccc4c3C[C@@H](C)N2CC(F)(F)F)c(F)c1. The number of rotatable bonds is 12. The Bertz CT molecular complexity index is 1290. The van der Waals surface area contributed by atoms with E-state index in [0.717, 1.165) is 28.0 Å². The van der Waals surface area contributed by atoms with Gasteiger partial charge in [-0.3, -0.25) is 4.90 Å². The molecule has 0 amide bonds. The minimum absolute atomic E-state index is 0.0413. The van der Waals surface area contributed by atoms with Gasteiger partial charge < -0.3 is 19.2 Å². The molecule has 4 rings (SSSR count). The second kappa shape index (κ2) is 13.0. The van der Waals surface area contributed by atoms with E-state index in [2.05, 4.69) is 4.98 Å². The first kappa shape index (κ1) is 29.8. The number of aromatic amines is 1. The van der Waals surface area contributed by atoms with Crippen LogP contribution in [-0.2, 0) is 20.7 Å². The van der Waals surface area contributed by atoms with Crippen molar-refractivity contribution in [1.29, 1.82) is 0 Å². The Labute approximate surface area is 229 Å². The monoisotopic (exact) mass is 568 g/mol. The van der Waals surface area contributed by atoms with Gasteiger partial charge in [-0.25, -0.2) is 13.6 Å². The van der Waals surface area contributed by atoms with E-state index >= 15 is 8.78 Å². The lowest BCUT2D eigenvalue weighted by atomic mass is 9.88. The first-order valence-corrected chi connectivity index (χ1v) is 13.4. The summed E-state index contributed by atoms with van der Waals surface area (Å²) in [6, 6.07) is 7.39. The number of carbonyl (C=O) groups excluding carboxylic acids is 1. The number of hydrogen-bond acceptors (Lipinski definition) is 5. The zero-order valence-electron chi connectivity index (χ0n) is 22.5. The number of benzene rings is 2. The van der Waals surface area contributed by atoms with Crippen LogP contribution in [0.4, 0.5) is 22.0 Å². The van der Waals surface area contributed by atoms with E-state index in [-0.39, 0.29) is 25.6 Å². The van der Waals surface area contributed by atoms with Crippen molar-refractivity contribution < 1.29 is 41.0 Å². The standard InChI is InChI=1S/C29H33F5N2O4/c1-3-39-25(37)16-38-11-7-4-8-12-40-19-14-22(30)26(23(31)15-19)28-27-21(20-9-5-6-10-24(20)35-27)13-18(2)36(28)17-29(32,33)34/h5-6,9-10,14-15,18,28,35H,3-4,7-8,11-13,16-17H2,1-2H3/t18-,28-/m1/s1. The Hall–Kier alpha value is -3.18. The van der Waals surface area contributed by atoms with Crippen LogP contribution in [0.5, 0.6) is 5.75 Å². The molecule has 0 spiro atoms. The summed E-state index contributed by atoms with van der Waals surface area (Å²) in [5, 5.41) is 0.827. The molecule has 0 bridgehead atoms. The van der Waals surface area contributed by atoms with E-state index in [1.807, 2.05) is 12.1 Å². The number of nitrogens with zero attached hydrogens (tertiary/aromatic N) is 1. The molecule has 218 valence electrons. The number of halogens is 5. The number of carbonyl (C=O) groups is 1. The number of unbranched alkanes of at least 4 members (excludes halogenated alkanes) is 2. The van der Waals surface area contributed by atoms with Crippen molar-refractivity contribution in [1.82, 2.24) is 9.88 Å². The van der Waals surface area contributed by atoms with Gasteiger partial charge in [0.05, 0.1) is 25.8 Å². The fourth-order valence-electron chi connectivity index (χ4n) is 5.21. The Morgan fingerprint density at radius 3 is 2.48 bits per heavy atom. The van der Waals surface area contributed by atoms with Crippen LogP contribution in [0.3, 0.4) is 0 Å². The summed E-state index contributed by atoms with van der Waals surface area (Å²) in [5.74, 6) is -2.42. The molecule has 0 radical (unpaired) electrons. The zero-order valence-corrected chi connectivity index (χ0v) is 22.5. The number of nitrogens with one attached hydrogen (secondary N) is 1. The predicted octanol–water partition coefficient (Wildman–Crippen LogP) is 6.47. The molecular weight excluding hydrogens is 535 g/mol. The molecule has 1 N–H and O–H groups in total. The molecule has 11 heteroatoms. The smallest absolute Gasteiger partial charge is 0.401 e. The van der Waals surface area contributed by atoms with Gasteiger partial charge in [0, 0.05) is 46.9 Å². The predicted molar refractivity (Wildman–Crippen MR) is 139 cm³/mol. The van der Waals surface area contributed by atoms with E-state index in [0.29, 0.717) is 43.5 Å². The molecule has 0 unspecified atom stereocenters. The van der Waals surface area contributed by atoms with E-state index in [1.165, 1.54) is 0 Å². The summed E-state index contributed by atoms with van der Waals surface area (Å²) in [6.45, 7) is 2.75. The van der Waals surface area contributed by atoms with Crippen molar-refractivity contribution in [3.05, 3.63) is 64.9 Å². The maximum atomic E-state index is 15.5. The fourth-order valence-corrected chi connectivity index (χ4v) is 5.21. The van der Waals surface area contributed by atoms with E-state index in [9.17, 15) is 18.0 Å². The highest BCUT2D eigenvalue weighted by atomic mass is 19.4. The highest BCUT2D eigenvalue weighted by Gasteiger charge is 2.43. The summed E-state index contributed by atoms with van der Waals surface area (Å²) < 4.78 is 87.3. The number of ether oxygens (including phenoxy) is 3. The summed E-state index contributed by atoms with van der Waals surface area (Å²) in [7, 11) is 0. The lowest BCUT2D eigenvalue weighted by Gasteiger charge is -2.41. The van der Waals surface area contributed by atoms with Gasteiger partial charge in [-0.1, -0.05) is 18.2 Å². The van der Waals surface area contributed by atoms with Crippen LogP contribution in [0, 0.1) is 11.6 Å². The lowest BCUT2D eigenvalue weighted by Crippen LogP contribution is -2.47.